The van der Waals surface area contributed by atoms with Crippen molar-refractivity contribution in [1.82, 2.24) is 5.32 Å². The summed E-state index contributed by atoms with van der Waals surface area (Å²) in [6.07, 6.45) is 3.31. The Morgan fingerprint density at radius 3 is 2.88 bits per heavy atom. The van der Waals surface area contributed by atoms with E-state index in [1.54, 1.807) is 17.8 Å². The first kappa shape index (κ1) is 14.1. The predicted octanol–water partition coefficient (Wildman–Crippen LogP) is 1.69. The maximum Gasteiger partial charge on any atom is 0.287 e. The lowest BCUT2D eigenvalue weighted by Crippen LogP contribution is -2.37. The molecule has 0 aromatic carbocycles. The Balaban J connectivity index is 2.56. The average Bonchev–Trinajstić information content (AvgIpc) is 2.78. The molecule has 0 radical (unpaired) electrons. The second-order valence-corrected chi connectivity index (χ2v) is 4.67. The first-order valence-corrected chi connectivity index (χ1v) is 7.10. The molecule has 4 nitrogen and oxygen atoms in total. The van der Waals surface area contributed by atoms with E-state index in [9.17, 15) is 4.79 Å². The molecule has 0 aliphatic heterocycles. The van der Waals surface area contributed by atoms with Gasteiger partial charge in [0.2, 0.25) is 0 Å². The van der Waals surface area contributed by atoms with Gasteiger partial charge in [-0.25, -0.2) is 0 Å². The molecule has 0 saturated heterocycles. The fraction of sp³-hybridized carbons (Fsp3) is 0.583. The summed E-state index contributed by atoms with van der Waals surface area (Å²) in [6.45, 7) is 2.05. The summed E-state index contributed by atoms with van der Waals surface area (Å²) in [5.74, 6) is 1.72. The van der Waals surface area contributed by atoms with Gasteiger partial charge in [0.25, 0.3) is 5.91 Å². The highest BCUT2D eigenvalue weighted by Gasteiger charge is 2.15. The summed E-state index contributed by atoms with van der Waals surface area (Å²) in [6, 6.07) is 3.48. The van der Waals surface area contributed by atoms with Crippen molar-refractivity contribution < 1.29 is 14.3 Å². The van der Waals surface area contributed by atoms with Crippen LogP contribution in [0.5, 0.6) is 0 Å². The number of rotatable bonds is 7. The van der Waals surface area contributed by atoms with Crippen molar-refractivity contribution in [2.45, 2.75) is 25.8 Å². The number of hydrogen-bond donors (Lipinski definition) is 2. The molecule has 0 aliphatic rings. The second-order valence-electron chi connectivity index (χ2n) is 3.76. The summed E-state index contributed by atoms with van der Waals surface area (Å²) in [7, 11) is 0. The van der Waals surface area contributed by atoms with Gasteiger partial charge in [0.05, 0.1) is 0 Å². The first-order valence-electron chi connectivity index (χ1n) is 5.70. The Morgan fingerprint density at radius 1 is 1.59 bits per heavy atom. The second kappa shape index (κ2) is 7.40. The number of aliphatic hydroxyl groups is 1. The molecule has 1 unspecified atom stereocenters. The molecule has 17 heavy (non-hydrogen) atoms. The zero-order valence-electron chi connectivity index (χ0n) is 10.2. The SMILES string of the molecule is CCc1ccc(C(=O)NC(CCO)CSC)o1. The first-order chi connectivity index (χ1) is 8.21. The lowest BCUT2D eigenvalue weighted by atomic mass is 10.2. The van der Waals surface area contributed by atoms with E-state index in [0.29, 0.717) is 12.2 Å². The van der Waals surface area contributed by atoms with Gasteiger partial charge in [0.15, 0.2) is 5.76 Å². The van der Waals surface area contributed by atoms with Crippen LogP contribution in [0.4, 0.5) is 0 Å². The normalized spacial score (nSPS) is 12.4. The number of amides is 1. The quantitative estimate of drug-likeness (QED) is 0.780. The minimum atomic E-state index is -0.211. The van der Waals surface area contributed by atoms with Crippen LogP contribution in [0.2, 0.25) is 0 Å². The fourth-order valence-corrected chi connectivity index (χ4v) is 2.15. The van der Waals surface area contributed by atoms with Crippen LogP contribution in [0.1, 0.15) is 29.7 Å². The number of aliphatic hydroxyl groups excluding tert-OH is 1. The highest BCUT2D eigenvalue weighted by molar-refractivity contribution is 7.98. The van der Waals surface area contributed by atoms with Crippen LogP contribution in [0.25, 0.3) is 0 Å². The van der Waals surface area contributed by atoms with Crippen molar-refractivity contribution in [1.29, 1.82) is 0 Å². The third-order valence-corrected chi connectivity index (χ3v) is 3.15. The lowest BCUT2D eigenvalue weighted by molar-refractivity contribution is 0.0905. The molecule has 0 fully saturated rings. The van der Waals surface area contributed by atoms with Crippen molar-refractivity contribution in [3.05, 3.63) is 23.7 Å². The van der Waals surface area contributed by atoms with Gasteiger partial charge in [-0.15, -0.1) is 0 Å². The molecule has 1 atom stereocenters. The molecule has 0 saturated carbocycles. The minimum Gasteiger partial charge on any atom is -0.456 e. The largest absolute Gasteiger partial charge is 0.456 e. The summed E-state index contributed by atoms with van der Waals surface area (Å²) in [5.41, 5.74) is 0. The van der Waals surface area contributed by atoms with Crippen molar-refractivity contribution in [3.63, 3.8) is 0 Å². The smallest absolute Gasteiger partial charge is 0.287 e. The highest BCUT2D eigenvalue weighted by atomic mass is 32.2. The third-order valence-electron chi connectivity index (χ3n) is 2.41. The van der Waals surface area contributed by atoms with Crippen LogP contribution in [0.3, 0.4) is 0 Å². The van der Waals surface area contributed by atoms with Gasteiger partial charge >= 0.3 is 0 Å². The van der Waals surface area contributed by atoms with E-state index in [4.69, 9.17) is 9.52 Å². The molecule has 1 rings (SSSR count). The van der Waals surface area contributed by atoms with Crippen molar-refractivity contribution >= 4 is 17.7 Å². The van der Waals surface area contributed by atoms with E-state index >= 15 is 0 Å². The van der Waals surface area contributed by atoms with E-state index in [1.165, 1.54) is 0 Å². The van der Waals surface area contributed by atoms with Gasteiger partial charge < -0.3 is 14.8 Å². The predicted molar refractivity (Wildman–Crippen MR) is 69.4 cm³/mol. The summed E-state index contributed by atoms with van der Waals surface area (Å²) >= 11 is 1.64. The van der Waals surface area contributed by atoms with Gasteiger partial charge in [0.1, 0.15) is 5.76 Å². The third kappa shape index (κ3) is 4.44. The van der Waals surface area contributed by atoms with Crippen LogP contribution in [0, 0.1) is 0 Å². The molecule has 0 spiro atoms. The number of carbonyl (C=O) groups is 1. The molecule has 1 aromatic heterocycles. The van der Waals surface area contributed by atoms with Crippen molar-refractivity contribution in [2.24, 2.45) is 0 Å². The minimum absolute atomic E-state index is 0.0160. The fourth-order valence-electron chi connectivity index (χ4n) is 1.50. The van der Waals surface area contributed by atoms with Crippen LogP contribution in [0.15, 0.2) is 16.5 Å². The summed E-state index contributed by atoms with van der Waals surface area (Å²) in [5, 5.41) is 11.8. The van der Waals surface area contributed by atoms with E-state index in [0.717, 1.165) is 17.9 Å². The van der Waals surface area contributed by atoms with E-state index < -0.39 is 0 Å². The number of aryl methyl sites for hydroxylation is 1. The number of carbonyl (C=O) groups excluding carboxylic acids is 1. The van der Waals surface area contributed by atoms with Crippen LogP contribution >= 0.6 is 11.8 Å². The molecule has 0 bridgehead atoms. The zero-order chi connectivity index (χ0) is 12.7. The van der Waals surface area contributed by atoms with Gasteiger partial charge in [-0.05, 0) is 24.8 Å². The molecule has 96 valence electrons. The monoisotopic (exact) mass is 257 g/mol. The van der Waals surface area contributed by atoms with Crippen LogP contribution in [-0.4, -0.2) is 35.7 Å². The van der Waals surface area contributed by atoms with Crippen molar-refractivity contribution in [3.8, 4) is 0 Å². The Kier molecular flexibility index (Phi) is 6.15. The molecule has 0 aliphatic carbocycles. The van der Waals surface area contributed by atoms with E-state index in [2.05, 4.69) is 5.32 Å². The highest BCUT2D eigenvalue weighted by Crippen LogP contribution is 2.09. The topological polar surface area (TPSA) is 62.5 Å². The standard InChI is InChI=1S/C12H19NO3S/c1-3-10-4-5-11(16-10)12(15)13-9(6-7-14)8-17-2/h4-5,9,14H,3,6-8H2,1-2H3,(H,13,15). The summed E-state index contributed by atoms with van der Waals surface area (Å²) < 4.78 is 5.37. The number of nitrogens with one attached hydrogen (secondary N) is 1. The molecular formula is C12H19NO3S. The van der Waals surface area contributed by atoms with Gasteiger partial charge in [0, 0.05) is 24.8 Å². The molecule has 1 aromatic rings. The Hall–Kier alpha value is -0.940. The van der Waals surface area contributed by atoms with E-state index in [1.807, 2.05) is 19.2 Å². The zero-order valence-corrected chi connectivity index (χ0v) is 11.0. The van der Waals surface area contributed by atoms with E-state index in [-0.39, 0.29) is 18.6 Å². The molecule has 2 N–H and O–H groups in total. The van der Waals surface area contributed by atoms with Crippen LogP contribution < -0.4 is 5.32 Å². The Morgan fingerprint density at radius 2 is 2.35 bits per heavy atom. The number of thioether (sulfide) groups is 1. The molecular weight excluding hydrogens is 238 g/mol. The molecule has 1 heterocycles. The average molecular weight is 257 g/mol. The molecule has 1 amide bonds. The van der Waals surface area contributed by atoms with Gasteiger partial charge in [-0.2, -0.15) is 11.8 Å². The lowest BCUT2D eigenvalue weighted by Gasteiger charge is -2.15. The number of furan rings is 1. The maximum atomic E-state index is 11.8. The molecule has 5 heteroatoms. The van der Waals surface area contributed by atoms with Crippen LogP contribution in [-0.2, 0) is 6.42 Å². The Labute approximate surface area is 106 Å². The Bertz CT molecular complexity index is 345. The number of hydrogen-bond acceptors (Lipinski definition) is 4. The summed E-state index contributed by atoms with van der Waals surface area (Å²) in [4.78, 5) is 11.8. The van der Waals surface area contributed by atoms with Gasteiger partial charge in [-0.3, -0.25) is 4.79 Å². The van der Waals surface area contributed by atoms with Crippen molar-refractivity contribution in [2.75, 3.05) is 18.6 Å². The maximum absolute atomic E-state index is 11.8. The van der Waals surface area contributed by atoms with Gasteiger partial charge in [-0.1, -0.05) is 6.92 Å².